The molecule has 2 rings (SSSR count). The van der Waals surface area contributed by atoms with E-state index in [-0.39, 0.29) is 11.4 Å². The van der Waals surface area contributed by atoms with E-state index in [2.05, 4.69) is 32.5 Å². The molecule has 0 unspecified atom stereocenters. The molecule has 6 heteroatoms. The predicted octanol–water partition coefficient (Wildman–Crippen LogP) is 0.504. The average Bonchev–Trinajstić information content (AvgIpc) is 2.81. The minimum atomic E-state index is -0.145. The van der Waals surface area contributed by atoms with Crippen molar-refractivity contribution >= 4 is 11.9 Å². The average molecular weight is 309 g/mol. The molecule has 6 nitrogen and oxygen atoms in total. The van der Waals surface area contributed by atoms with E-state index in [0.29, 0.717) is 12.5 Å². The van der Waals surface area contributed by atoms with Gasteiger partial charge in [-0.15, -0.1) is 0 Å². The molecule has 2 heterocycles. The molecule has 2 N–H and O–H groups in total. The van der Waals surface area contributed by atoms with Gasteiger partial charge in [0.25, 0.3) is 0 Å². The number of likely N-dealkylation sites (N-methyl/N-ethyl adjacent to an activating group) is 1. The number of carbonyl (C=O) groups is 1. The quantitative estimate of drug-likeness (QED) is 0.794. The molecule has 1 saturated heterocycles. The molecule has 2 aliphatic heterocycles. The number of aliphatic imine (C=N–C) groups is 1. The molecule has 22 heavy (non-hydrogen) atoms. The molecule has 1 amide bonds. The lowest BCUT2D eigenvalue weighted by atomic mass is 9.97. The van der Waals surface area contributed by atoms with Gasteiger partial charge in [-0.2, -0.15) is 0 Å². The summed E-state index contributed by atoms with van der Waals surface area (Å²) in [5.41, 5.74) is -0.145. The van der Waals surface area contributed by atoms with Gasteiger partial charge < -0.3 is 15.5 Å². The third-order valence-corrected chi connectivity index (χ3v) is 4.20. The zero-order chi connectivity index (χ0) is 16.2. The van der Waals surface area contributed by atoms with E-state index < -0.39 is 0 Å². The van der Waals surface area contributed by atoms with Crippen LogP contribution < -0.4 is 10.6 Å². The van der Waals surface area contributed by atoms with E-state index in [1.54, 1.807) is 0 Å². The first kappa shape index (κ1) is 17.1. The molecule has 2 aliphatic rings. The summed E-state index contributed by atoms with van der Waals surface area (Å²) < 4.78 is 0. The highest BCUT2D eigenvalue weighted by atomic mass is 16.2. The second kappa shape index (κ2) is 7.31. The molecule has 0 saturated carbocycles. The summed E-state index contributed by atoms with van der Waals surface area (Å²) in [7, 11) is 2.08. The summed E-state index contributed by atoms with van der Waals surface area (Å²) in [5.74, 6) is 1.84. The van der Waals surface area contributed by atoms with Gasteiger partial charge in [-0.1, -0.05) is 0 Å². The number of hydrogen-bond acceptors (Lipinski definition) is 5. The first-order valence-electron chi connectivity index (χ1n) is 8.36. The molecule has 0 aromatic heterocycles. The SMILES string of the molecule is CN1CCN=C1NCC1CCN(CC(=O)NC(C)(C)C)CC1. The summed E-state index contributed by atoms with van der Waals surface area (Å²) in [6.45, 7) is 11.5. The van der Waals surface area contributed by atoms with Crippen LogP contribution >= 0.6 is 0 Å². The van der Waals surface area contributed by atoms with Gasteiger partial charge in [0.1, 0.15) is 0 Å². The first-order chi connectivity index (χ1) is 10.3. The van der Waals surface area contributed by atoms with Gasteiger partial charge in [0.05, 0.1) is 13.1 Å². The highest BCUT2D eigenvalue weighted by Gasteiger charge is 2.23. The van der Waals surface area contributed by atoms with Gasteiger partial charge in [-0.3, -0.25) is 14.7 Å². The van der Waals surface area contributed by atoms with Crippen molar-refractivity contribution in [1.29, 1.82) is 0 Å². The Balaban J connectivity index is 1.64. The number of rotatable bonds is 4. The Kier molecular flexibility index (Phi) is 5.67. The van der Waals surface area contributed by atoms with Crippen LogP contribution in [0.3, 0.4) is 0 Å². The van der Waals surface area contributed by atoms with Crippen molar-refractivity contribution in [3.63, 3.8) is 0 Å². The zero-order valence-electron chi connectivity index (χ0n) is 14.5. The fourth-order valence-corrected chi connectivity index (χ4v) is 2.97. The largest absolute Gasteiger partial charge is 0.356 e. The van der Waals surface area contributed by atoms with Crippen LogP contribution in [0.2, 0.25) is 0 Å². The van der Waals surface area contributed by atoms with Crippen LogP contribution in [0.4, 0.5) is 0 Å². The van der Waals surface area contributed by atoms with Gasteiger partial charge in [-0.05, 0) is 52.6 Å². The van der Waals surface area contributed by atoms with E-state index in [4.69, 9.17) is 0 Å². The molecular weight excluding hydrogens is 278 g/mol. The molecule has 1 fully saturated rings. The minimum absolute atomic E-state index is 0.131. The van der Waals surface area contributed by atoms with E-state index in [9.17, 15) is 4.79 Å². The van der Waals surface area contributed by atoms with E-state index in [1.807, 2.05) is 20.8 Å². The first-order valence-corrected chi connectivity index (χ1v) is 8.36. The number of carbonyl (C=O) groups excluding carboxylic acids is 1. The van der Waals surface area contributed by atoms with Gasteiger partial charge in [0.2, 0.25) is 5.91 Å². The standard InChI is InChI=1S/C16H31N5O/c1-16(2,3)19-14(22)12-21-8-5-13(6-9-21)11-18-15-17-7-10-20(15)4/h13H,5-12H2,1-4H3,(H,17,18)(H,19,22). The van der Waals surface area contributed by atoms with Crippen molar-refractivity contribution in [1.82, 2.24) is 20.4 Å². The zero-order valence-corrected chi connectivity index (χ0v) is 14.5. The number of guanidine groups is 1. The van der Waals surface area contributed by atoms with Crippen LogP contribution in [0.5, 0.6) is 0 Å². The van der Waals surface area contributed by atoms with Crippen molar-refractivity contribution in [2.24, 2.45) is 10.9 Å². The fourth-order valence-electron chi connectivity index (χ4n) is 2.97. The Hall–Kier alpha value is -1.30. The second-order valence-electron chi connectivity index (χ2n) is 7.53. The van der Waals surface area contributed by atoms with Gasteiger partial charge in [-0.25, -0.2) is 0 Å². The van der Waals surface area contributed by atoms with Gasteiger partial charge >= 0.3 is 0 Å². The molecule has 0 bridgehead atoms. The topological polar surface area (TPSA) is 60.0 Å². The van der Waals surface area contributed by atoms with Crippen molar-refractivity contribution in [2.45, 2.75) is 39.2 Å². The number of nitrogens with one attached hydrogen (secondary N) is 2. The van der Waals surface area contributed by atoms with E-state index >= 15 is 0 Å². The molecule has 0 atom stereocenters. The number of piperidine rings is 1. The fraction of sp³-hybridized carbons (Fsp3) is 0.875. The van der Waals surface area contributed by atoms with Crippen LogP contribution in [0, 0.1) is 5.92 Å². The van der Waals surface area contributed by atoms with Crippen molar-refractivity contribution in [2.75, 3.05) is 46.3 Å². The number of nitrogens with zero attached hydrogens (tertiary/aromatic N) is 3. The summed E-state index contributed by atoms with van der Waals surface area (Å²) in [4.78, 5) is 20.8. The maximum Gasteiger partial charge on any atom is 0.234 e. The lowest BCUT2D eigenvalue weighted by molar-refractivity contribution is -0.124. The Morgan fingerprint density at radius 3 is 2.50 bits per heavy atom. The molecule has 0 spiro atoms. The molecular formula is C16H31N5O. The Morgan fingerprint density at radius 2 is 1.95 bits per heavy atom. The predicted molar refractivity (Wildman–Crippen MR) is 90.0 cm³/mol. The van der Waals surface area contributed by atoms with Crippen LogP contribution in [0.25, 0.3) is 0 Å². The Morgan fingerprint density at radius 1 is 1.27 bits per heavy atom. The minimum Gasteiger partial charge on any atom is -0.356 e. The number of hydrogen-bond donors (Lipinski definition) is 2. The third-order valence-electron chi connectivity index (χ3n) is 4.20. The number of amides is 1. The summed E-state index contributed by atoms with van der Waals surface area (Å²) in [6, 6.07) is 0. The normalized spacial score (nSPS) is 20.9. The van der Waals surface area contributed by atoms with E-state index in [1.165, 1.54) is 0 Å². The monoisotopic (exact) mass is 309 g/mol. The van der Waals surface area contributed by atoms with Crippen LogP contribution in [0.1, 0.15) is 33.6 Å². The summed E-state index contributed by atoms with van der Waals surface area (Å²) in [5, 5.41) is 6.50. The Labute approximate surface area is 134 Å². The van der Waals surface area contributed by atoms with Crippen LogP contribution in [0.15, 0.2) is 4.99 Å². The molecule has 126 valence electrons. The highest BCUT2D eigenvalue weighted by molar-refractivity contribution is 5.81. The second-order valence-corrected chi connectivity index (χ2v) is 7.53. The molecule has 0 aromatic carbocycles. The molecule has 0 aliphatic carbocycles. The number of likely N-dealkylation sites (tertiary alicyclic amines) is 1. The van der Waals surface area contributed by atoms with Crippen LogP contribution in [-0.2, 0) is 4.79 Å². The van der Waals surface area contributed by atoms with Crippen LogP contribution in [-0.4, -0.2) is 73.5 Å². The smallest absolute Gasteiger partial charge is 0.234 e. The highest BCUT2D eigenvalue weighted by Crippen LogP contribution is 2.16. The van der Waals surface area contributed by atoms with Crippen molar-refractivity contribution in [3.8, 4) is 0 Å². The summed E-state index contributed by atoms with van der Waals surface area (Å²) >= 11 is 0. The maximum atomic E-state index is 12.0. The summed E-state index contributed by atoms with van der Waals surface area (Å²) in [6.07, 6.45) is 2.29. The lowest BCUT2D eigenvalue weighted by Crippen LogP contribution is -2.48. The van der Waals surface area contributed by atoms with Gasteiger partial charge in [0.15, 0.2) is 5.96 Å². The lowest BCUT2D eigenvalue weighted by Gasteiger charge is -2.32. The maximum absolute atomic E-state index is 12.0. The van der Waals surface area contributed by atoms with Crippen molar-refractivity contribution < 1.29 is 4.79 Å². The van der Waals surface area contributed by atoms with Gasteiger partial charge in [0, 0.05) is 25.7 Å². The van der Waals surface area contributed by atoms with E-state index in [0.717, 1.165) is 51.5 Å². The third kappa shape index (κ3) is 5.48. The Bertz CT molecular complexity index is 407. The van der Waals surface area contributed by atoms with Crippen molar-refractivity contribution in [3.05, 3.63) is 0 Å². The molecule has 0 aromatic rings. The molecule has 0 radical (unpaired) electrons.